The summed E-state index contributed by atoms with van der Waals surface area (Å²) in [5.41, 5.74) is 0. The Hall–Kier alpha value is 0.297. The van der Waals surface area contributed by atoms with Crippen LogP contribution in [0.4, 0.5) is 0 Å². The van der Waals surface area contributed by atoms with E-state index in [2.05, 4.69) is 73.2 Å². The average molecular weight is 215 g/mol. The van der Waals surface area contributed by atoms with Crippen molar-refractivity contribution in [2.24, 2.45) is 0 Å². The van der Waals surface area contributed by atoms with Gasteiger partial charge in [0.1, 0.15) is 0 Å². The minimum Gasteiger partial charge on any atom is -0.0616 e. The molecule has 0 aromatic heterocycles. The molecule has 0 heterocycles. The largest absolute Gasteiger partial charge is 0.0616 e. The minimum absolute atomic E-state index is 0. The molecule has 2 heteroatoms. The molecular weight excluding hydrogens is 198 g/mol. The van der Waals surface area contributed by atoms with E-state index in [1.54, 1.807) is 0 Å². The predicted molar refractivity (Wildman–Crippen MR) is 75.2 cm³/mol. The molecule has 0 aliphatic heterocycles. The van der Waals surface area contributed by atoms with Gasteiger partial charge in [0.05, 0.1) is 0 Å². The molecule has 16 heavy (non-hydrogen) atoms. The van der Waals surface area contributed by atoms with Gasteiger partial charge in [0, 0.05) is 29.6 Å². The Balaban J connectivity index is 0.000000330. The molecule has 0 spiro atoms. The average Bonchev–Trinajstić information content (AvgIpc) is 2.31. The standard InChI is InChI=1S/C10H8.C4H9.Li.Na/c1-2-6-10-8-4-3-7-9(10)5-1;1-3-4-2;;/h1-8H;1,3-4H2,2H3;;. The molecule has 1 radical (unpaired) electrons. The van der Waals surface area contributed by atoms with E-state index in [9.17, 15) is 0 Å². The van der Waals surface area contributed by atoms with Crippen molar-refractivity contribution in [3.63, 3.8) is 0 Å². The summed E-state index contributed by atoms with van der Waals surface area (Å²) in [6, 6.07) is 16.7. The maximum atomic E-state index is 2.21. The molecule has 0 unspecified atom stereocenters. The number of unbranched alkanes of at least 4 members (excludes halogenated alkanes) is 1. The van der Waals surface area contributed by atoms with E-state index in [1.165, 1.54) is 28.7 Å². The third-order valence-corrected chi connectivity index (χ3v) is 2.37. The van der Waals surface area contributed by atoms with Crippen molar-refractivity contribution in [3.8, 4) is 0 Å². The molecule has 0 saturated heterocycles. The van der Waals surface area contributed by atoms with Gasteiger partial charge >= 0.3 is 42.6 Å². The summed E-state index contributed by atoms with van der Waals surface area (Å²) in [6.45, 7) is 2.21. The fraction of sp³-hybridized carbons (Fsp3) is 0.286. The zero-order chi connectivity index (χ0) is 10.9. The molecule has 0 N–H and O–H groups in total. The van der Waals surface area contributed by atoms with Crippen LogP contribution in [0.2, 0.25) is 5.09 Å². The molecule has 75 valence electrons. The van der Waals surface area contributed by atoms with Crippen LogP contribution in [-0.2, 0) is 0 Å². The SMILES string of the molecule is [Li][CH2]CCC.[Na].c1ccc2ccccc2c1. The minimum atomic E-state index is 0. The van der Waals surface area contributed by atoms with Crippen molar-refractivity contribution in [1.82, 2.24) is 0 Å². The van der Waals surface area contributed by atoms with E-state index < -0.39 is 0 Å². The number of rotatable bonds is 2. The molecule has 2 rings (SSSR count). The van der Waals surface area contributed by atoms with Crippen molar-refractivity contribution in [2.45, 2.75) is 24.9 Å². The normalized spacial score (nSPS) is 8.94. The molecule has 0 nitrogen and oxygen atoms in total. The van der Waals surface area contributed by atoms with E-state index in [1.807, 2.05) is 0 Å². The van der Waals surface area contributed by atoms with Gasteiger partial charge in [-0.05, 0) is 10.8 Å². The molecule has 0 fully saturated rings. The molecule has 0 amide bonds. The van der Waals surface area contributed by atoms with Crippen molar-refractivity contribution < 1.29 is 0 Å². The van der Waals surface area contributed by atoms with E-state index in [-0.39, 0.29) is 29.6 Å². The van der Waals surface area contributed by atoms with Crippen LogP contribution in [0.3, 0.4) is 0 Å². The molecule has 2 aromatic carbocycles. The first-order valence-electron chi connectivity index (χ1n) is 5.82. The first-order valence-corrected chi connectivity index (χ1v) is 5.82. The summed E-state index contributed by atoms with van der Waals surface area (Å²) in [5.74, 6) is 0. The topological polar surface area (TPSA) is 0 Å². The Kier molecular flexibility index (Phi) is 10.6. The van der Waals surface area contributed by atoms with Crippen LogP contribution < -0.4 is 0 Å². The van der Waals surface area contributed by atoms with Gasteiger partial charge < -0.3 is 0 Å². The van der Waals surface area contributed by atoms with Crippen LogP contribution in [0.5, 0.6) is 0 Å². The Bertz CT molecular complexity index is 320. The zero-order valence-electron chi connectivity index (χ0n) is 10.7. The molecule has 0 saturated carbocycles. The first-order chi connectivity index (χ1) is 7.38. The summed E-state index contributed by atoms with van der Waals surface area (Å²) in [6.07, 6.45) is 2.73. The second kappa shape index (κ2) is 10.5. The summed E-state index contributed by atoms with van der Waals surface area (Å²) >= 11 is 2.21. The van der Waals surface area contributed by atoms with Crippen LogP contribution in [0, 0.1) is 0 Å². The smallest absolute Gasteiger partial charge is 0 e. The maximum absolute atomic E-state index is 2.21. The van der Waals surface area contributed by atoms with Crippen molar-refractivity contribution in [1.29, 1.82) is 0 Å². The van der Waals surface area contributed by atoms with Crippen LogP contribution in [-0.4, -0.2) is 47.3 Å². The van der Waals surface area contributed by atoms with E-state index in [4.69, 9.17) is 0 Å². The number of hydrogen-bond acceptors (Lipinski definition) is 0. The molecule has 0 bridgehead atoms. The summed E-state index contributed by atoms with van der Waals surface area (Å²) in [5, 5.41) is 3.96. The number of fused-ring (bicyclic) bond motifs is 1. The second-order valence-corrected chi connectivity index (χ2v) is 3.70. The van der Waals surface area contributed by atoms with Gasteiger partial charge in [-0.25, -0.2) is 0 Å². The summed E-state index contributed by atoms with van der Waals surface area (Å²) in [7, 11) is 0. The van der Waals surface area contributed by atoms with E-state index >= 15 is 0 Å². The third kappa shape index (κ3) is 6.14. The monoisotopic (exact) mass is 215 g/mol. The van der Waals surface area contributed by atoms with Gasteiger partial charge in [0.15, 0.2) is 0 Å². The number of benzene rings is 2. The van der Waals surface area contributed by atoms with Gasteiger partial charge in [0.25, 0.3) is 0 Å². The predicted octanol–water partition coefficient (Wildman–Crippen LogP) is 3.83. The van der Waals surface area contributed by atoms with Crippen molar-refractivity contribution >= 4 is 58.0 Å². The zero-order valence-corrected chi connectivity index (χ0v) is 12.7. The van der Waals surface area contributed by atoms with Crippen LogP contribution in [0.25, 0.3) is 10.8 Å². The second-order valence-electron chi connectivity index (χ2n) is 3.70. The molecule has 2 aromatic rings. The Labute approximate surface area is 130 Å². The van der Waals surface area contributed by atoms with Gasteiger partial charge in [-0.3, -0.25) is 0 Å². The van der Waals surface area contributed by atoms with Gasteiger partial charge in [-0.1, -0.05) is 48.5 Å². The van der Waals surface area contributed by atoms with E-state index in [0.717, 1.165) is 0 Å². The Morgan fingerprint density at radius 1 is 0.875 bits per heavy atom. The van der Waals surface area contributed by atoms with Gasteiger partial charge in [-0.15, -0.1) is 0 Å². The van der Waals surface area contributed by atoms with Gasteiger partial charge in [-0.2, -0.15) is 0 Å². The summed E-state index contributed by atoms with van der Waals surface area (Å²) < 4.78 is 0. The molecule has 0 aliphatic rings. The van der Waals surface area contributed by atoms with Crippen LogP contribution >= 0.6 is 0 Å². The third-order valence-electron chi connectivity index (χ3n) is 2.37. The van der Waals surface area contributed by atoms with Crippen molar-refractivity contribution in [2.75, 3.05) is 0 Å². The first kappa shape index (κ1) is 16.3. The Morgan fingerprint density at radius 3 is 1.44 bits per heavy atom. The van der Waals surface area contributed by atoms with Crippen LogP contribution in [0.1, 0.15) is 19.8 Å². The maximum Gasteiger partial charge on any atom is 0 e. The quantitative estimate of drug-likeness (QED) is 0.668. The van der Waals surface area contributed by atoms with Crippen molar-refractivity contribution in [3.05, 3.63) is 48.5 Å². The van der Waals surface area contributed by atoms with Gasteiger partial charge in [0.2, 0.25) is 0 Å². The molecule has 0 aliphatic carbocycles. The van der Waals surface area contributed by atoms with E-state index in [0.29, 0.717) is 0 Å². The van der Waals surface area contributed by atoms with Crippen LogP contribution in [0.15, 0.2) is 48.5 Å². The fourth-order valence-electron chi connectivity index (χ4n) is 1.49. The molecular formula is C14H17LiNa. The molecule has 0 atom stereocenters. The summed E-state index contributed by atoms with van der Waals surface area (Å²) in [4.78, 5) is 0. The number of hydrogen-bond donors (Lipinski definition) is 0. The fourth-order valence-corrected chi connectivity index (χ4v) is 1.49. The Morgan fingerprint density at radius 2 is 1.25 bits per heavy atom.